The van der Waals surface area contributed by atoms with Crippen LogP contribution in [0, 0.1) is 5.92 Å². The number of nitrogens with two attached hydrogens (primary N) is 1. The third-order valence-electron chi connectivity index (χ3n) is 5.17. The maximum atomic E-state index is 13.0. The summed E-state index contributed by atoms with van der Waals surface area (Å²) in [5.74, 6) is -3.68. The van der Waals surface area contributed by atoms with Gasteiger partial charge in [0.2, 0.25) is 23.6 Å². The lowest BCUT2D eigenvalue weighted by Gasteiger charge is -2.27. The number of carboxylic acids is 1. The molecule has 34 heavy (non-hydrogen) atoms. The van der Waals surface area contributed by atoms with Gasteiger partial charge in [-0.1, -0.05) is 33.6 Å². The first-order chi connectivity index (χ1) is 15.9. The van der Waals surface area contributed by atoms with Crippen LogP contribution >= 0.6 is 0 Å². The molecule has 4 amide bonds. The van der Waals surface area contributed by atoms with Gasteiger partial charge in [-0.15, -0.1) is 0 Å². The Morgan fingerprint density at radius 2 is 1.44 bits per heavy atom. The molecule has 0 saturated heterocycles. The summed E-state index contributed by atoms with van der Waals surface area (Å²) in [5.41, 5.74) is 5.53. The van der Waals surface area contributed by atoms with E-state index in [9.17, 15) is 29.1 Å². The molecule has 0 rings (SSSR count). The predicted octanol–water partition coefficient (Wildman–Crippen LogP) is -1.00. The van der Waals surface area contributed by atoms with Crippen LogP contribution in [-0.2, 0) is 24.0 Å². The number of carbonyl (C=O) groups excluding carboxylic acids is 4. The van der Waals surface area contributed by atoms with Crippen molar-refractivity contribution >= 4 is 29.6 Å². The third-order valence-corrected chi connectivity index (χ3v) is 5.17. The van der Waals surface area contributed by atoms with Gasteiger partial charge >= 0.3 is 5.97 Å². The molecule has 0 radical (unpaired) electrons. The van der Waals surface area contributed by atoms with Crippen LogP contribution in [0.2, 0.25) is 0 Å². The second-order valence-electron chi connectivity index (χ2n) is 8.60. The molecule has 12 nitrogen and oxygen atoms in total. The SMILES string of the molecule is CCCC[C@H](NC(=O)[C@@H](NC(=O)[C@H](CCCCNC(C)=O)NC(=O)[C@@H](N)CO)C(C)C)C(=O)O. The Morgan fingerprint density at radius 1 is 0.853 bits per heavy atom. The van der Waals surface area contributed by atoms with E-state index >= 15 is 0 Å². The summed E-state index contributed by atoms with van der Waals surface area (Å²) in [6, 6.07) is -4.35. The van der Waals surface area contributed by atoms with Crippen molar-refractivity contribution in [1.82, 2.24) is 21.3 Å². The molecule has 0 unspecified atom stereocenters. The van der Waals surface area contributed by atoms with Crippen molar-refractivity contribution in [2.24, 2.45) is 11.7 Å². The van der Waals surface area contributed by atoms with Gasteiger partial charge in [0.15, 0.2) is 0 Å². The predicted molar refractivity (Wildman–Crippen MR) is 125 cm³/mol. The zero-order valence-electron chi connectivity index (χ0n) is 20.6. The summed E-state index contributed by atoms with van der Waals surface area (Å²) in [6.45, 7) is 6.50. The Bertz CT molecular complexity index is 687. The molecule has 0 aromatic heterocycles. The summed E-state index contributed by atoms with van der Waals surface area (Å²) >= 11 is 0. The van der Waals surface area contributed by atoms with Crippen LogP contribution in [0.3, 0.4) is 0 Å². The lowest BCUT2D eigenvalue weighted by atomic mass is 10.0. The van der Waals surface area contributed by atoms with Gasteiger partial charge < -0.3 is 37.2 Å². The number of unbranched alkanes of at least 4 members (excludes halogenated alkanes) is 2. The van der Waals surface area contributed by atoms with Crippen molar-refractivity contribution in [2.75, 3.05) is 13.2 Å². The van der Waals surface area contributed by atoms with Gasteiger partial charge in [-0.2, -0.15) is 0 Å². The lowest BCUT2D eigenvalue weighted by molar-refractivity contribution is -0.143. The Kier molecular flexibility index (Phi) is 15.5. The Hall–Kier alpha value is -2.73. The van der Waals surface area contributed by atoms with E-state index in [-0.39, 0.29) is 24.7 Å². The number of carbonyl (C=O) groups is 5. The fraction of sp³-hybridized carbons (Fsp3) is 0.773. The number of hydrogen-bond donors (Lipinski definition) is 7. The lowest BCUT2D eigenvalue weighted by Crippen LogP contribution is -2.58. The van der Waals surface area contributed by atoms with Gasteiger partial charge in [0, 0.05) is 13.5 Å². The standard InChI is InChI=1S/C22H41N5O7/c1-5-6-9-17(22(33)34)26-21(32)18(13(2)3)27-20(31)16(25-19(30)15(23)12-28)10-7-8-11-24-14(4)29/h13,15-18,28H,5-12,23H2,1-4H3,(H,24,29)(H,25,30)(H,26,32)(H,27,31)(H,33,34)/t15-,16-,17-,18-/m0/s1. The van der Waals surface area contributed by atoms with Crippen molar-refractivity contribution in [3.63, 3.8) is 0 Å². The molecule has 196 valence electrons. The molecule has 0 aromatic rings. The second kappa shape index (κ2) is 16.8. The van der Waals surface area contributed by atoms with Gasteiger partial charge in [-0.25, -0.2) is 4.79 Å². The molecular formula is C22H41N5O7. The maximum Gasteiger partial charge on any atom is 0.326 e. The number of nitrogens with one attached hydrogen (secondary N) is 4. The first-order valence-electron chi connectivity index (χ1n) is 11.7. The van der Waals surface area contributed by atoms with Crippen molar-refractivity contribution in [2.45, 2.75) is 90.4 Å². The van der Waals surface area contributed by atoms with Crippen molar-refractivity contribution in [1.29, 1.82) is 0 Å². The topological polar surface area (TPSA) is 200 Å². The van der Waals surface area contributed by atoms with Gasteiger partial charge in [-0.05, 0) is 31.6 Å². The number of aliphatic hydroxyl groups excluding tert-OH is 1. The highest BCUT2D eigenvalue weighted by Crippen LogP contribution is 2.08. The van der Waals surface area contributed by atoms with Crippen molar-refractivity contribution in [3.8, 4) is 0 Å². The smallest absolute Gasteiger partial charge is 0.326 e. The molecule has 4 atom stereocenters. The molecule has 0 aliphatic heterocycles. The largest absolute Gasteiger partial charge is 0.480 e. The van der Waals surface area contributed by atoms with Crippen molar-refractivity contribution < 1.29 is 34.2 Å². The fourth-order valence-electron chi connectivity index (χ4n) is 3.08. The molecular weight excluding hydrogens is 446 g/mol. The Morgan fingerprint density at radius 3 is 1.94 bits per heavy atom. The molecule has 0 fully saturated rings. The van der Waals surface area contributed by atoms with Crippen LogP contribution in [0.5, 0.6) is 0 Å². The number of amides is 4. The summed E-state index contributed by atoms with van der Waals surface area (Å²) in [7, 11) is 0. The summed E-state index contributed by atoms with van der Waals surface area (Å²) in [5, 5.41) is 28.7. The molecule has 0 spiro atoms. The molecule has 0 heterocycles. The van der Waals surface area contributed by atoms with Gasteiger partial charge in [-0.3, -0.25) is 19.2 Å². The highest BCUT2D eigenvalue weighted by Gasteiger charge is 2.31. The van der Waals surface area contributed by atoms with Gasteiger partial charge in [0.1, 0.15) is 24.2 Å². The van der Waals surface area contributed by atoms with E-state index in [1.54, 1.807) is 13.8 Å². The molecule has 0 aliphatic rings. The number of aliphatic carboxylic acids is 1. The average Bonchev–Trinajstić information content (AvgIpc) is 2.77. The molecule has 0 aromatic carbocycles. The van der Waals surface area contributed by atoms with E-state index < -0.39 is 54.5 Å². The highest BCUT2D eigenvalue weighted by molar-refractivity contribution is 5.94. The number of carboxylic acid groups (broad SMARTS) is 1. The normalized spacial score (nSPS) is 14.4. The van der Waals surface area contributed by atoms with Gasteiger partial charge in [0.25, 0.3) is 0 Å². The van der Waals surface area contributed by atoms with Crippen LogP contribution in [0.25, 0.3) is 0 Å². The quantitative estimate of drug-likeness (QED) is 0.127. The Labute approximate surface area is 200 Å². The number of rotatable bonds is 17. The minimum absolute atomic E-state index is 0.180. The second-order valence-corrected chi connectivity index (χ2v) is 8.60. The van der Waals surface area contributed by atoms with E-state index in [1.807, 2.05) is 6.92 Å². The van der Waals surface area contributed by atoms with Crippen LogP contribution in [-0.4, -0.2) is 77.1 Å². The first kappa shape index (κ1) is 31.3. The first-order valence-corrected chi connectivity index (χ1v) is 11.7. The van der Waals surface area contributed by atoms with Crippen LogP contribution in [0.4, 0.5) is 0 Å². The highest BCUT2D eigenvalue weighted by atomic mass is 16.4. The fourth-order valence-corrected chi connectivity index (χ4v) is 3.08. The molecule has 0 bridgehead atoms. The van der Waals surface area contributed by atoms with E-state index in [0.717, 1.165) is 6.42 Å². The van der Waals surface area contributed by atoms with E-state index in [0.29, 0.717) is 25.8 Å². The van der Waals surface area contributed by atoms with Crippen LogP contribution < -0.4 is 27.0 Å². The Balaban J connectivity index is 5.33. The molecule has 0 saturated carbocycles. The maximum absolute atomic E-state index is 13.0. The number of hydrogen-bond acceptors (Lipinski definition) is 7. The molecule has 8 N–H and O–H groups in total. The van der Waals surface area contributed by atoms with Crippen molar-refractivity contribution in [3.05, 3.63) is 0 Å². The van der Waals surface area contributed by atoms with E-state index in [4.69, 9.17) is 10.8 Å². The van der Waals surface area contributed by atoms with Crippen LogP contribution in [0.1, 0.15) is 66.2 Å². The summed E-state index contributed by atoms with van der Waals surface area (Å²) in [6.07, 6.45) is 2.88. The number of aliphatic hydroxyl groups is 1. The van der Waals surface area contributed by atoms with E-state index in [2.05, 4.69) is 21.3 Å². The average molecular weight is 488 g/mol. The zero-order valence-corrected chi connectivity index (χ0v) is 20.6. The minimum atomic E-state index is -1.21. The molecule has 12 heteroatoms. The molecule has 0 aliphatic carbocycles. The van der Waals surface area contributed by atoms with E-state index in [1.165, 1.54) is 6.92 Å². The minimum Gasteiger partial charge on any atom is -0.480 e. The third kappa shape index (κ3) is 12.5. The summed E-state index contributed by atoms with van der Waals surface area (Å²) < 4.78 is 0. The van der Waals surface area contributed by atoms with Crippen LogP contribution in [0.15, 0.2) is 0 Å². The monoisotopic (exact) mass is 487 g/mol. The zero-order chi connectivity index (χ0) is 26.3. The summed E-state index contributed by atoms with van der Waals surface area (Å²) in [4.78, 5) is 60.4. The van der Waals surface area contributed by atoms with Gasteiger partial charge in [0.05, 0.1) is 6.61 Å².